The molecule has 1 N–H and O–H groups in total. The van der Waals surface area contributed by atoms with Gasteiger partial charge in [0.25, 0.3) is 0 Å². The fourth-order valence-electron chi connectivity index (χ4n) is 2.27. The minimum absolute atomic E-state index is 0.00673. The summed E-state index contributed by atoms with van der Waals surface area (Å²) in [5.41, 5.74) is 1.65. The van der Waals surface area contributed by atoms with Crippen molar-refractivity contribution < 1.29 is 9.59 Å². The largest absolute Gasteiger partial charge is 0.325 e. The van der Waals surface area contributed by atoms with Gasteiger partial charge in [0.05, 0.1) is 0 Å². The second-order valence-corrected chi connectivity index (χ2v) is 4.85. The van der Waals surface area contributed by atoms with Crippen molar-refractivity contribution in [3.63, 3.8) is 0 Å². The van der Waals surface area contributed by atoms with Crippen molar-refractivity contribution in [3.8, 4) is 0 Å². The molecule has 21 heavy (non-hydrogen) atoms. The van der Waals surface area contributed by atoms with Crippen molar-refractivity contribution >= 4 is 17.5 Å². The molecule has 0 radical (unpaired) electrons. The normalized spacial score (nSPS) is 17.9. The average molecular weight is 286 g/mol. The average Bonchev–Trinajstić information content (AvgIpc) is 2.93. The van der Waals surface area contributed by atoms with Crippen LogP contribution in [0.4, 0.5) is 5.69 Å². The third kappa shape index (κ3) is 2.60. The molecule has 0 saturated heterocycles. The second kappa shape index (κ2) is 5.31. The molecule has 1 aromatic heterocycles. The van der Waals surface area contributed by atoms with Crippen LogP contribution < -0.4 is 5.32 Å². The maximum atomic E-state index is 12.4. The molecule has 1 aliphatic heterocycles. The van der Waals surface area contributed by atoms with Crippen LogP contribution in [0.3, 0.4) is 0 Å². The zero-order valence-electron chi connectivity index (χ0n) is 11.4. The number of amides is 2. The number of hydrogen-bond acceptors (Lipinski definition) is 5. The first-order valence-corrected chi connectivity index (χ1v) is 6.54. The lowest BCUT2D eigenvalue weighted by Crippen LogP contribution is -2.44. The number of anilines is 1. The van der Waals surface area contributed by atoms with Gasteiger partial charge in [0.1, 0.15) is 18.9 Å². The Morgan fingerprint density at radius 1 is 1.43 bits per heavy atom. The summed E-state index contributed by atoms with van der Waals surface area (Å²) in [6.45, 7) is 2.09. The summed E-state index contributed by atoms with van der Waals surface area (Å²) in [5.74, 6) is -0.410. The highest BCUT2D eigenvalue weighted by molar-refractivity contribution is 5.98. The lowest BCUT2D eigenvalue weighted by molar-refractivity contribution is -0.139. The van der Waals surface area contributed by atoms with Crippen LogP contribution in [-0.2, 0) is 22.7 Å². The van der Waals surface area contributed by atoms with Gasteiger partial charge in [0, 0.05) is 12.2 Å². The highest BCUT2D eigenvalue weighted by atomic mass is 16.2. The Kier molecular flexibility index (Phi) is 3.35. The molecule has 1 aromatic carbocycles. The van der Waals surface area contributed by atoms with E-state index in [2.05, 4.69) is 20.8 Å². The second-order valence-electron chi connectivity index (χ2n) is 4.85. The summed E-state index contributed by atoms with van der Waals surface area (Å²) in [4.78, 5) is 26.1. The van der Waals surface area contributed by atoms with E-state index in [1.54, 1.807) is 6.92 Å². The Bertz CT molecular complexity index is 669. The molecule has 0 fully saturated rings. The van der Waals surface area contributed by atoms with Gasteiger partial charge < -0.3 is 10.2 Å². The van der Waals surface area contributed by atoms with Gasteiger partial charge in [-0.2, -0.15) is 0 Å². The van der Waals surface area contributed by atoms with E-state index in [1.165, 1.54) is 15.9 Å². The van der Waals surface area contributed by atoms with Crippen LogP contribution in [-0.4, -0.2) is 43.0 Å². The molecular formula is C13H14N6O2. The molecule has 2 heterocycles. The number of nitrogens with zero attached hydrogens (tertiary/aromatic N) is 5. The predicted molar refractivity (Wildman–Crippen MR) is 72.9 cm³/mol. The summed E-state index contributed by atoms with van der Waals surface area (Å²) in [6.07, 6.45) is 1.37. The molecule has 8 heteroatoms. The fraction of sp³-hybridized carbons (Fsp3) is 0.308. The minimum Gasteiger partial charge on any atom is -0.325 e. The SMILES string of the molecule is CC1C(=O)Nc2ccccc2CN1C(=O)Cn1cnnn1. The number of nitrogens with one attached hydrogen (secondary N) is 1. The Morgan fingerprint density at radius 2 is 2.24 bits per heavy atom. The number of carbonyl (C=O) groups is 2. The standard InChI is InChI=1S/C13H14N6O2/c1-9-13(21)15-11-5-3-2-4-10(11)6-19(9)12(20)7-18-8-14-16-17-18/h2-5,8-9H,6-7H2,1H3,(H,15,21). The number of benzene rings is 1. The first kappa shape index (κ1) is 13.2. The maximum Gasteiger partial charge on any atom is 0.246 e. The van der Waals surface area contributed by atoms with Gasteiger partial charge in [0.2, 0.25) is 11.8 Å². The van der Waals surface area contributed by atoms with E-state index in [0.29, 0.717) is 6.54 Å². The van der Waals surface area contributed by atoms with E-state index in [-0.39, 0.29) is 18.4 Å². The van der Waals surface area contributed by atoms with Crippen molar-refractivity contribution in [2.24, 2.45) is 0 Å². The Hall–Kier alpha value is -2.77. The van der Waals surface area contributed by atoms with Gasteiger partial charge in [-0.15, -0.1) is 5.10 Å². The highest BCUT2D eigenvalue weighted by Gasteiger charge is 2.30. The molecular weight excluding hydrogens is 272 g/mol. The lowest BCUT2D eigenvalue weighted by Gasteiger charge is -2.25. The van der Waals surface area contributed by atoms with Gasteiger partial charge in [-0.1, -0.05) is 18.2 Å². The highest BCUT2D eigenvalue weighted by Crippen LogP contribution is 2.23. The number of para-hydroxylation sites is 1. The molecule has 1 atom stereocenters. The summed E-state index contributed by atoms with van der Waals surface area (Å²) >= 11 is 0. The predicted octanol–water partition coefficient (Wildman–Crippen LogP) is 0.0425. The zero-order valence-corrected chi connectivity index (χ0v) is 11.4. The number of carbonyl (C=O) groups excluding carboxylic acids is 2. The van der Waals surface area contributed by atoms with Gasteiger partial charge in [-0.25, -0.2) is 4.68 Å². The van der Waals surface area contributed by atoms with E-state index < -0.39 is 6.04 Å². The van der Waals surface area contributed by atoms with Crippen LogP contribution in [0.15, 0.2) is 30.6 Å². The van der Waals surface area contributed by atoms with Crippen LogP contribution in [0, 0.1) is 0 Å². The number of tetrazole rings is 1. The molecule has 2 aromatic rings. The van der Waals surface area contributed by atoms with Gasteiger partial charge in [0.15, 0.2) is 0 Å². The lowest BCUT2D eigenvalue weighted by atomic mass is 10.1. The van der Waals surface area contributed by atoms with E-state index >= 15 is 0 Å². The number of rotatable bonds is 2. The maximum absolute atomic E-state index is 12.4. The third-order valence-electron chi connectivity index (χ3n) is 3.47. The summed E-state index contributed by atoms with van der Waals surface area (Å²) in [5, 5.41) is 13.5. The summed E-state index contributed by atoms with van der Waals surface area (Å²) in [7, 11) is 0. The van der Waals surface area contributed by atoms with Crippen LogP contribution in [0.1, 0.15) is 12.5 Å². The molecule has 0 saturated carbocycles. The van der Waals surface area contributed by atoms with Crippen LogP contribution in [0.2, 0.25) is 0 Å². The Labute approximate surface area is 120 Å². The summed E-state index contributed by atoms with van der Waals surface area (Å²) in [6, 6.07) is 6.90. The number of hydrogen-bond donors (Lipinski definition) is 1. The van der Waals surface area contributed by atoms with E-state index in [4.69, 9.17) is 0 Å². The van der Waals surface area contributed by atoms with Crippen molar-refractivity contribution in [1.82, 2.24) is 25.1 Å². The first-order chi connectivity index (χ1) is 10.1. The molecule has 1 unspecified atom stereocenters. The monoisotopic (exact) mass is 286 g/mol. The van der Waals surface area contributed by atoms with Crippen molar-refractivity contribution in [3.05, 3.63) is 36.2 Å². The summed E-state index contributed by atoms with van der Waals surface area (Å²) < 4.78 is 1.34. The van der Waals surface area contributed by atoms with Crippen LogP contribution in [0.25, 0.3) is 0 Å². The number of aromatic nitrogens is 4. The Balaban J connectivity index is 1.86. The first-order valence-electron chi connectivity index (χ1n) is 6.54. The van der Waals surface area contributed by atoms with Crippen molar-refractivity contribution in [1.29, 1.82) is 0 Å². The molecule has 0 spiro atoms. The van der Waals surface area contributed by atoms with Gasteiger partial charge in [-0.3, -0.25) is 9.59 Å². The van der Waals surface area contributed by atoms with Gasteiger partial charge >= 0.3 is 0 Å². The van der Waals surface area contributed by atoms with Crippen LogP contribution in [0.5, 0.6) is 0 Å². The molecule has 0 bridgehead atoms. The van der Waals surface area contributed by atoms with E-state index in [0.717, 1.165) is 11.3 Å². The molecule has 3 rings (SSSR count). The van der Waals surface area contributed by atoms with E-state index in [9.17, 15) is 9.59 Å². The fourth-order valence-corrected chi connectivity index (χ4v) is 2.27. The van der Waals surface area contributed by atoms with Crippen molar-refractivity contribution in [2.45, 2.75) is 26.1 Å². The molecule has 1 aliphatic rings. The molecule has 108 valence electrons. The zero-order chi connectivity index (χ0) is 14.8. The molecule has 8 nitrogen and oxygen atoms in total. The molecule has 0 aliphatic carbocycles. The topological polar surface area (TPSA) is 93.0 Å². The Morgan fingerprint density at radius 3 is 3.00 bits per heavy atom. The minimum atomic E-state index is -0.554. The third-order valence-corrected chi connectivity index (χ3v) is 3.47. The molecule has 2 amide bonds. The van der Waals surface area contributed by atoms with E-state index in [1.807, 2.05) is 24.3 Å². The van der Waals surface area contributed by atoms with Crippen molar-refractivity contribution in [2.75, 3.05) is 5.32 Å². The number of fused-ring (bicyclic) bond motifs is 1. The smallest absolute Gasteiger partial charge is 0.246 e. The quantitative estimate of drug-likeness (QED) is 0.841. The van der Waals surface area contributed by atoms with Gasteiger partial charge in [-0.05, 0) is 29.0 Å². The van der Waals surface area contributed by atoms with Crippen LogP contribution >= 0.6 is 0 Å².